The predicted molar refractivity (Wildman–Crippen MR) is 132 cm³/mol. The van der Waals surface area contributed by atoms with Gasteiger partial charge in [0, 0.05) is 6.04 Å². The van der Waals surface area contributed by atoms with E-state index >= 15 is 0 Å². The molecule has 2 aromatic heterocycles. The van der Waals surface area contributed by atoms with Crippen molar-refractivity contribution in [3.63, 3.8) is 0 Å². The van der Waals surface area contributed by atoms with Gasteiger partial charge in [-0.15, -0.1) is 0 Å². The molecule has 3 unspecified atom stereocenters. The van der Waals surface area contributed by atoms with Crippen LogP contribution < -0.4 is 20.6 Å². The van der Waals surface area contributed by atoms with Gasteiger partial charge in [-0.3, -0.25) is 9.36 Å². The Morgan fingerprint density at radius 2 is 1.91 bits per heavy atom. The van der Waals surface area contributed by atoms with E-state index in [1.165, 1.54) is 20.2 Å². The summed E-state index contributed by atoms with van der Waals surface area (Å²) in [5.41, 5.74) is 6.30. The van der Waals surface area contributed by atoms with Crippen molar-refractivity contribution in [2.45, 2.75) is 51.9 Å². The number of carboxylic acid groups (broad SMARTS) is 1. The van der Waals surface area contributed by atoms with Crippen LogP contribution in [0.5, 0.6) is 5.75 Å². The number of carbonyl (C=O) groups is 1. The zero-order valence-corrected chi connectivity index (χ0v) is 21.3. The summed E-state index contributed by atoms with van der Waals surface area (Å²) in [6.07, 6.45) is 2.31. The molecule has 3 atom stereocenters. The van der Waals surface area contributed by atoms with E-state index in [-0.39, 0.29) is 18.2 Å². The van der Waals surface area contributed by atoms with E-state index in [0.29, 0.717) is 23.5 Å². The molecule has 12 nitrogen and oxygen atoms in total. The van der Waals surface area contributed by atoms with Crippen molar-refractivity contribution in [2.75, 3.05) is 19.2 Å². The number of rotatable bonds is 12. The average molecular weight is 506 g/mol. The SMILES string of the molecule is COc1ccc(C(C)NP(=O)(COC(C)Cn2cnc3c(N)ncnc32)NC(C)(C)C(=O)O)cc1. The summed E-state index contributed by atoms with van der Waals surface area (Å²) in [6.45, 7) is 6.92. The summed E-state index contributed by atoms with van der Waals surface area (Å²) in [6, 6.07) is 6.95. The molecule has 190 valence electrons. The smallest absolute Gasteiger partial charge is 0.323 e. The topological polar surface area (TPSA) is 167 Å². The van der Waals surface area contributed by atoms with Crippen molar-refractivity contribution in [3.05, 3.63) is 42.5 Å². The Kier molecular flexibility index (Phi) is 8.11. The summed E-state index contributed by atoms with van der Waals surface area (Å²) in [7, 11) is -1.96. The summed E-state index contributed by atoms with van der Waals surface area (Å²) < 4.78 is 26.8. The lowest BCUT2D eigenvalue weighted by molar-refractivity contribution is -0.142. The van der Waals surface area contributed by atoms with E-state index in [1.807, 2.05) is 26.0 Å². The first-order valence-electron chi connectivity index (χ1n) is 11.0. The van der Waals surface area contributed by atoms with Crippen LogP contribution in [0.1, 0.15) is 39.3 Å². The van der Waals surface area contributed by atoms with Gasteiger partial charge in [0.05, 0.1) is 26.1 Å². The number of fused-ring (bicyclic) bond motifs is 1. The number of imidazole rings is 1. The van der Waals surface area contributed by atoms with E-state index in [2.05, 4.69) is 25.1 Å². The molecule has 0 amide bonds. The number of methoxy groups -OCH3 is 1. The number of anilines is 1. The Bertz CT molecular complexity index is 1210. The number of nitrogens with one attached hydrogen (secondary N) is 2. The van der Waals surface area contributed by atoms with Crippen molar-refractivity contribution in [3.8, 4) is 5.75 Å². The predicted octanol–water partition coefficient (Wildman–Crippen LogP) is 2.78. The van der Waals surface area contributed by atoms with Crippen LogP contribution in [0, 0.1) is 0 Å². The molecular formula is C22H32N7O5P. The van der Waals surface area contributed by atoms with Gasteiger partial charge in [-0.1, -0.05) is 12.1 Å². The molecule has 2 heterocycles. The molecule has 35 heavy (non-hydrogen) atoms. The molecule has 0 radical (unpaired) electrons. The van der Waals surface area contributed by atoms with E-state index in [0.717, 1.165) is 5.56 Å². The zero-order valence-electron chi connectivity index (χ0n) is 20.4. The van der Waals surface area contributed by atoms with Crippen LogP contribution in [0.15, 0.2) is 36.9 Å². The molecule has 0 saturated heterocycles. The molecule has 3 aromatic rings. The minimum absolute atomic E-state index is 0.241. The Morgan fingerprint density at radius 1 is 1.23 bits per heavy atom. The Labute approximate surface area is 203 Å². The number of nitrogens with two attached hydrogens (primary N) is 1. The van der Waals surface area contributed by atoms with E-state index in [9.17, 15) is 14.5 Å². The summed E-state index contributed by atoms with van der Waals surface area (Å²) >= 11 is 0. The van der Waals surface area contributed by atoms with Gasteiger partial charge < -0.3 is 24.9 Å². The molecule has 0 bridgehead atoms. The molecule has 5 N–H and O–H groups in total. The normalized spacial score (nSPS) is 15.5. The largest absolute Gasteiger partial charge is 0.497 e. The third kappa shape index (κ3) is 6.55. The van der Waals surface area contributed by atoms with Crippen molar-refractivity contribution in [2.24, 2.45) is 0 Å². The van der Waals surface area contributed by atoms with Crippen molar-refractivity contribution in [1.82, 2.24) is 29.7 Å². The summed E-state index contributed by atoms with van der Waals surface area (Å²) in [4.78, 5) is 24.1. The lowest BCUT2D eigenvalue weighted by Gasteiger charge is -2.32. The molecule has 1 aromatic carbocycles. The molecular weight excluding hydrogens is 473 g/mol. The van der Waals surface area contributed by atoms with Crippen molar-refractivity contribution >= 4 is 30.4 Å². The fraction of sp³-hybridized carbons (Fsp3) is 0.455. The quantitative estimate of drug-likeness (QED) is 0.267. The highest BCUT2D eigenvalue weighted by molar-refractivity contribution is 7.59. The van der Waals surface area contributed by atoms with Crippen LogP contribution in [0.25, 0.3) is 11.2 Å². The number of carboxylic acids is 1. The Hall–Kier alpha value is -3.05. The highest BCUT2D eigenvalue weighted by Gasteiger charge is 2.37. The fourth-order valence-corrected chi connectivity index (χ4v) is 5.92. The van der Waals surface area contributed by atoms with E-state index in [4.69, 9.17) is 15.2 Å². The number of hydrogen-bond donors (Lipinski definition) is 4. The molecule has 3 rings (SSSR count). The average Bonchev–Trinajstić information content (AvgIpc) is 3.21. The van der Waals surface area contributed by atoms with Crippen molar-refractivity contribution < 1.29 is 23.9 Å². The number of hydrogen-bond acceptors (Lipinski definition) is 8. The minimum atomic E-state index is -3.54. The van der Waals surface area contributed by atoms with Crippen LogP contribution in [-0.4, -0.2) is 55.7 Å². The first-order valence-corrected chi connectivity index (χ1v) is 12.9. The second-order valence-corrected chi connectivity index (χ2v) is 11.1. The maximum absolute atomic E-state index is 13.9. The van der Waals surface area contributed by atoms with Gasteiger partial charge in [0.25, 0.3) is 0 Å². The van der Waals surface area contributed by atoms with Gasteiger partial charge in [0.2, 0.25) is 7.44 Å². The molecule has 0 fully saturated rings. The van der Waals surface area contributed by atoms with Gasteiger partial charge in [-0.25, -0.2) is 25.1 Å². The number of aliphatic carboxylic acids is 1. The lowest BCUT2D eigenvalue weighted by Crippen LogP contribution is -2.47. The number of nitrogen functional groups attached to an aromatic ring is 1. The number of nitrogens with zero attached hydrogens (tertiary/aromatic N) is 4. The molecule has 0 aliphatic carbocycles. The van der Waals surface area contributed by atoms with E-state index < -0.39 is 25.1 Å². The number of aromatic nitrogens is 4. The monoisotopic (exact) mass is 505 g/mol. The van der Waals surface area contributed by atoms with Crippen LogP contribution in [0.3, 0.4) is 0 Å². The second-order valence-electron chi connectivity index (χ2n) is 8.84. The number of ether oxygens (including phenoxy) is 2. The van der Waals surface area contributed by atoms with Gasteiger partial charge in [0.1, 0.15) is 29.5 Å². The number of benzene rings is 1. The molecule has 0 aliphatic heterocycles. The maximum atomic E-state index is 13.9. The third-order valence-corrected chi connectivity index (χ3v) is 7.67. The second kappa shape index (κ2) is 10.7. The van der Waals surface area contributed by atoms with E-state index in [1.54, 1.807) is 30.1 Å². The first kappa shape index (κ1) is 26.6. The maximum Gasteiger partial charge on any atom is 0.323 e. The Morgan fingerprint density at radius 3 is 2.54 bits per heavy atom. The van der Waals surface area contributed by atoms with Gasteiger partial charge in [-0.2, -0.15) is 0 Å². The molecule has 0 aliphatic rings. The minimum Gasteiger partial charge on any atom is -0.497 e. The summed E-state index contributed by atoms with van der Waals surface area (Å²) in [5.74, 6) is -0.152. The highest BCUT2D eigenvalue weighted by atomic mass is 31.2. The van der Waals surface area contributed by atoms with Gasteiger partial charge in [-0.05, 0) is 45.4 Å². The van der Waals surface area contributed by atoms with Crippen LogP contribution in [-0.2, 0) is 20.6 Å². The standard InChI is InChI=1S/C22H32N7O5P/c1-14(10-29-12-26-18-19(23)24-11-25-20(18)29)34-13-35(32,28-22(3,4)21(30)31)27-15(2)16-6-8-17(33-5)9-7-16/h6-9,11-12,14-15H,10,13H2,1-5H3,(H,30,31)(H2,23,24,25)(H2,27,28,32). The highest BCUT2D eigenvalue weighted by Crippen LogP contribution is 2.42. The molecule has 0 saturated carbocycles. The fourth-order valence-electron chi connectivity index (χ4n) is 3.48. The Balaban J connectivity index is 1.74. The van der Waals surface area contributed by atoms with Crippen LogP contribution in [0.4, 0.5) is 5.82 Å². The molecule has 0 spiro atoms. The van der Waals surface area contributed by atoms with Crippen molar-refractivity contribution in [1.29, 1.82) is 0 Å². The first-order chi connectivity index (χ1) is 16.4. The molecule has 13 heteroatoms. The van der Waals surface area contributed by atoms with Gasteiger partial charge >= 0.3 is 5.97 Å². The lowest BCUT2D eigenvalue weighted by atomic mass is 10.1. The zero-order chi connectivity index (χ0) is 25.8. The van der Waals surface area contributed by atoms with Crippen LogP contribution >= 0.6 is 7.44 Å². The summed E-state index contributed by atoms with van der Waals surface area (Å²) in [5, 5.41) is 15.4. The van der Waals surface area contributed by atoms with Gasteiger partial charge in [0.15, 0.2) is 11.5 Å². The van der Waals surface area contributed by atoms with Crippen LogP contribution in [0.2, 0.25) is 0 Å². The third-order valence-electron chi connectivity index (χ3n) is 5.44.